The van der Waals surface area contributed by atoms with E-state index in [1.165, 1.54) is 12.5 Å². The molecule has 0 N–H and O–H groups in total. The van der Waals surface area contributed by atoms with E-state index >= 15 is 0 Å². The summed E-state index contributed by atoms with van der Waals surface area (Å²) < 4.78 is 13.9. The highest BCUT2D eigenvalue weighted by molar-refractivity contribution is 9.10. The minimum atomic E-state index is -0.172. The van der Waals surface area contributed by atoms with E-state index in [-0.39, 0.29) is 5.82 Å². The summed E-state index contributed by atoms with van der Waals surface area (Å²) in [6.07, 6.45) is 1.18. The molecule has 2 rings (SSSR count). The summed E-state index contributed by atoms with van der Waals surface area (Å²) in [6.45, 7) is 2.97. The third-order valence-corrected chi connectivity index (χ3v) is 3.75. The topological polar surface area (TPSA) is 3.24 Å². The van der Waals surface area contributed by atoms with E-state index in [0.717, 1.165) is 29.7 Å². The molecule has 1 unspecified atom stereocenters. The SMILES string of the molecule is Fc1cc(Br)cc(CN2CCC(Br)C2)c1. The number of rotatable bonds is 2. The molecule has 1 aliphatic rings. The van der Waals surface area contributed by atoms with Crippen LogP contribution in [0.5, 0.6) is 0 Å². The Labute approximate surface area is 106 Å². The van der Waals surface area contributed by atoms with Crippen molar-refractivity contribution in [3.05, 3.63) is 34.1 Å². The van der Waals surface area contributed by atoms with Gasteiger partial charge in [0.1, 0.15) is 5.82 Å². The summed E-state index contributed by atoms with van der Waals surface area (Å²) in [7, 11) is 0. The lowest BCUT2D eigenvalue weighted by Gasteiger charge is -2.15. The number of halogens is 3. The first-order valence-electron chi connectivity index (χ1n) is 4.95. The highest BCUT2D eigenvalue weighted by Crippen LogP contribution is 2.21. The van der Waals surface area contributed by atoms with Crippen molar-refractivity contribution in [2.45, 2.75) is 17.8 Å². The fourth-order valence-electron chi connectivity index (χ4n) is 1.89. The van der Waals surface area contributed by atoms with Crippen LogP contribution in [0.2, 0.25) is 0 Å². The number of hydrogen-bond acceptors (Lipinski definition) is 1. The van der Waals surface area contributed by atoms with Crippen LogP contribution in [0.15, 0.2) is 22.7 Å². The largest absolute Gasteiger partial charge is 0.298 e. The third-order valence-electron chi connectivity index (χ3n) is 2.54. The first-order valence-corrected chi connectivity index (χ1v) is 6.66. The lowest BCUT2D eigenvalue weighted by atomic mass is 10.2. The molecule has 4 heteroatoms. The van der Waals surface area contributed by atoms with Crippen molar-refractivity contribution < 1.29 is 4.39 Å². The summed E-state index contributed by atoms with van der Waals surface area (Å²) in [5.41, 5.74) is 1.03. The maximum atomic E-state index is 13.1. The molecule has 0 saturated carbocycles. The normalized spacial score (nSPS) is 22.2. The Bertz CT molecular complexity index is 336. The van der Waals surface area contributed by atoms with Gasteiger partial charge in [0.2, 0.25) is 0 Å². The summed E-state index contributed by atoms with van der Waals surface area (Å²) in [5, 5.41) is 0. The highest BCUT2D eigenvalue weighted by Gasteiger charge is 2.19. The Morgan fingerprint density at radius 2 is 2.20 bits per heavy atom. The summed E-state index contributed by atoms with van der Waals surface area (Å²) in [5.74, 6) is -0.172. The molecule has 1 aromatic rings. The Morgan fingerprint density at radius 3 is 2.80 bits per heavy atom. The molecule has 1 saturated heterocycles. The molecule has 1 aliphatic heterocycles. The van der Waals surface area contributed by atoms with Crippen LogP contribution in [0.25, 0.3) is 0 Å². The molecule has 0 aliphatic carbocycles. The second kappa shape index (κ2) is 4.93. The minimum Gasteiger partial charge on any atom is -0.298 e. The number of alkyl halides is 1. The van der Waals surface area contributed by atoms with Gasteiger partial charge < -0.3 is 0 Å². The zero-order valence-electron chi connectivity index (χ0n) is 8.22. The molecule has 1 atom stereocenters. The number of nitrogens with zero attached hydrogens (tertiary/aromatic N) is 1. The van der Waals surface area contributed by atoms with Crippen molar-refractivity contribution in [2.24, 2.45) is 0 Å². The van der Waals surface area contributed by atoms with Gasteiger partial charge in [-0.1, -0.05) is 31.9 Å². The van der Waals surface area contributed by atoms with E-state index in [2.05, 4.69) is 36.8 Å². The maximum absolute atomic E-state index is 13.1. The van der Waals surface area contributed by atoms with Gasteiger partial charge in [0.25, 0.3) is 0 Å². The predicted molar refractivity (Wildman–Crippen MR) is 66.7 cm³/mol. The van der Waals surface area contributed by atoms with E-state index in [0.29, 0.717) is 4.83 Å². The first kappa shape index (κ1) is 11.6. The van der Waals surface area contributed by atoms with Crippen LogP contribution in [0.1, 0.15) is 12.0 Å². The maximum Gasteiger partial charge on any atom is 0.124 e. The second-order valence-electron chi connectivity index (χ2n) is 3.90. The molecule has 1 nitrogen and oxygen atoms in total. The van der Waals surface area contributed by atoms with E-state index in [1.54, 1.807) is 6.07 Å². The smallest absolute Gasteiger partial charge is 0.124 e. The second-order valence-corrected chi connectivity index (χ2v) is 6.11. The lowest BCUT2D eigenvalue weighted by molar-refractivity contribution is 0.332. The zero-order valence-corrected chi connectivity index (χ0v) is 11.4. The molecule has 0 bridgehead atoms. The molecule has 0 amide bonds. The molecular formula is C11H12Br2FN. The highest BCUT2D eigenvalue weighted by atomic mass is 79.9. The quantitative estimate of drug-likeness (QED) is 0.746. The van der Waals surface area contributed by atoms with E-state index in [4.69, 9.17) is 0 Å². The third kappa shape index (κ3) is 3.26. The number of benzene rings is 1. The molecule has 0 spiro atoms. The van der Waals surface area contributed by atoms with Crippen molar-refractivity contribution in [1.82, 2.24) is 4.90 Å². The average molecular weight is 337 g/mol. The summed E-state index contributed by atoms with van der Waals surface area (Å²) >= 11 is 6.90. The van der Waals surface area contributed by atoms with Crippen LogP contribution in [0.3, 0.4) is 0 Å². The van der Waals surface area contributed by atoms with Crippen LogP contribution < -0.4 is 0 Å². The van der Waals surface area contributed by atoms with Gasteiger partial charge in [-0.2, -0.15) is 0 Å². The van der Waals surface area contributed by atoms with E-state index in [9.17, 15) is 4.39 Å². The zero-order chi connectivity index (χ0) is 10.8. The number of likely N-dealkylation sites (tertiary alicyclic amines) is 1. The van der Waals surface area contributed by atoms with Crippen LogP contribution in [0.4, 0.5) is 4.39 Å². The van der Waals surface area contributed by atoms with Crippen LogP contribution >= 0.6 is 31.9 Å². The number of hydrogen-bond donors (Lipinski definition) is 0. The molecule has 0 radical (unpaired) electrons. The Balaban J connectivity index is 2.04. The molecule has 1 heterocycles. The lowest BCUT2D eigenvalue weighted by Crippen LogP contribution is -2.20. The van der Waals surface area contributed by atoms with Gasteiger partial charge in [0.15, 0.2) is 0 Å². The van der Waals surface area contributed by atoms with Gasteiger partial charge >= 0.3 is 0 Å². The molecule has 1 aromatic carbocycles. The fraction of sp³-hybridized carbons (Fsp3) is 0.455. The van der Waals surface area contributed by atoms with Crippen molar-refractivity contribution in [1.29, 1.82) is 0 Å². The Hall–Kier alpha value is 0.0700. The molecule has 0 aromatic heterocycles. The van der Waals surface area contributed by atoms with Crippen molar-refractivity contribution in [2.75, 3.05) is 13.1 Å². The average Bonchev–Trinajstić information content (AvgIpc) is 2.49. The minimum absolute atomic E-state index is 0.172. The standard InChI is InChI=1S/C11H12Br2FN/c12-9-1-2-15(7-9)6-8-3-10(13)5-11(14)4-8/h3-5,9H,1-2,6-7H2. The van der Waals surface area contributed by atoms with Gasteiger partial charge in [0.05, 0.1) is 0 Å². The molecular weight excluding hydrogens is 325 g/mol. The Kier molecular flexibility index (Phi) is 3.80. The van der Waals surface area contributed by atoms with Crippen molar-refractivity contribution in [3.63, 3.8) is 0 Å². The van der Waals surface area contributed by atoms with Gasteiger partial charge in [-0.15, -0.1) is 0 Å². The van der Waals surface area contributed by atoms with Crippen molar-refractivity contribution in [3.8, 4) is 0 Å². The molecule has 1 fully saturated rings. The van der Waals surface area contributed by atoms with E-state index < -0.39 is 0 Å². The van der Waals surface area contributed by atoms with Gasteiger partial charge in [-0.05, 0) is 36.7 Å². The molecule has 82 valence electrons. The van der Waals surface area contributed by atoms with Gasteiger partial charge in [-0.3, -0.25) is 4.90 Å². The monoisotopic (exact) mass is 335 g/mol. The molecule has 15 heavy (non-hydrogen) atoms. The summed E-state index contributed by atoms with van der Waals surface area (Å²) in [6, 6.07) is 5.07. The fourth-order valence-corrected chi connectivity index (χ4v) is 3.02. The van der Waals surface area contributed by atoms with Crippen molar-refractivity contribution >= 4 is 31.9 Å². The first-order chi connectivity index (χ1) is 7.13. The summed E-state index contributed by atoms with van der Waals surface area (Å²) in [4.78, 5) is 2.93. The predicted octanol–water partition coefficient (Wildman–Crippen LogP) is 3.56. The van der Waals surface area contributed by atoms with E-state index in [1.807, 2.05) is 6.07 Å². The van der Waals surface area contributed by atoms with Crippen LogP contribution in [-0.4, -0.2) is 22.8 Å². The van der Waals surface area contributed by atoms with Crippen LogP contribution in [0, 0.1) is 5.82 Å². The van der Waals surface area contributed by atoms with Crippen LogP contribution in [-0.2, 0) is 6.54 Å². The van der Waals surface area contributed by atoms with Gasteiger partial charge in [0, 0.05) is 22.4 Å². The van der Waals surface area contributed by atoms with Gasteiger partial charge in [-0.25, -0.2) is 4.39 Å². The Morgan fingerprint density at radius 1 is 1.40 bits per heavy atom.